The number of aryl methyl sites for hydroxylation is 1. The van der Waals surface area contributed by atoms with Gasteiger partial charge in [-0.2, -0.15) is 0 Å². The zero-order chi connectivity index (χ0) is 15.0. The van der Waals surface area contributed by atoms with E-state index >= 15 is 0 Å². The minimum Gasteiger partial charge on any atom is -0.504 e. The van der Waals surface area contributed by atoms with E-state index in [-0.39, 0.29) is 17.1 Å². The maximum absolute atomic E-state index is 11.9. The van der Waals surface area contributed by atoms with Crippen LogP contribution in [0.3, 0.4) is 0 Å². The zero-order valence-electron chi connectivity index (χ0n) is 11.8. The number of aromatic nitrogens is 2. The van der Waals surface area contributed by atoms with Gasteiger partial charge in [0.25, 0.3) is 5.56 Å². The number of nitrogens with zero attached hydrogens (tertiary/aromatic N) is 2. The van der Waals surface area contributed by atoms with Crippen LogP contribution in [0, 0.1) is 6.92 Å². The summed E-state index contributed by atoms with van der Waals surface area (Å²) in [7, 11) is 0. The molecule has 0 radical (unpaired) electrons. The maximum atomic E-state index is 11.9. The first-order valence-electron chi connectivity index (χ1n) is 6.85. The van der Waals surface area contributed by atoms with Crippen LogP contribution in [0.4, 0.5) is 0 Å². The second-order valence-corrected chi connectivity index (χ2v) is 5.32. The fourth-order valence-corrected chi connectivity index (χ4v) is 2.70. The topological polar surface area (TPSA) is 89.5 Å². The molecule has 0 fully saturated rings. The Morgan fingerprint density at radius 2 is 2.19 bits per heavy atom. The number of phenolic OH excluding ortho intramolecular Hbond substituents is 2. The van der Waals surface area contributed by atoms with Gasteiger partial charge in [-0.15, -0.1) is 0 Å². The summed E-state index contributed by atoms with van der Waals surface area (Å²) >= 11 is 0. The highest BCUT2D eigenvalue weighted by Crippen LogP contribution is 2.30. The van der Waals surface area contributed by atoms with E-state index in [1.165, 1.54) is 6.07 Å². The highest BCUT2D eigenvalue weighted by atomic mass is 16.3. The van der Waals surface area contributed by atoms with Crippen LogP contribution in [0.1, 0.15) is 22.6 Å². The van der Waals surface area contributed by atoms with Crippen molar-refractivity contribution < 1.29 is 10.2 Å². The molecule has 0 saturated heterocycles. The summed E-state index contributed by atoms with van der Waals surface area (Å²) < 4.78 is 0. The van der Waals surface area contributed by atoms with Crippen molar-refractivity contribution in [3.63, 3.8) is 0 Å². The molecule has 6 nitrogen and oxygen atoms in total. The van der Waals surface area contributed by atoms with E-state index in [9.17, 15) is 15.0 Å². The van der Waals surface area contributed by atoms with Crippen LogP contribution >= 0.6 is 0 Å². The van der Waals surface area contributed by atoms with E-state index in [0.717, 1.165) is 17.8 Å². The fraction of sp³-hybridized carbons (Fsp3) is 0.333. The summed E-state index contributed by atoms with van der Waals surface area (Å²) in [4.78, 5) is 21.1. The van der Waals surface area contributed by atoms with Crippen LogP contribution in [0.15, 0.2) is 23.0 Å². The van der Waals surface area contributed by atoms with E-state index in [1.807, 2.05) is 0 Å². The Labute approximate surface area is 121 Å². The summed E-state index contributed by atoms with van der Waals surface area (Å²) in [6.07, 6.45) is 0.636. The quantitative estimate of drug-likeness (QED) is 0.718. The predicted molar refractivity (Wildman–Crippen MR) is 77.2 cm³/mol. The largest absolute Gasteiger partial charge is 0.504 e. The summed E-state index contributed by atoms with van der Waals surface area (Å²) in [6.45, 7) is 3.56. The molecule has 1 aromatic carbocycles. The Bertz CT molecular complexity index is 739. The number of hydrogen-bond acceptors (Lipinski definition) is 5. The third-order valence-corrected chi connectivity index (χ3v) is 3.76. The van der Waals surface area contributed by atoms with Gasteiger partial charge in [0.1, 0.15) is 5.82 Å². The van der Waals surface area contributed by atoms with Crippen molar-refractivity contribution in [3.05, 3.63) is 51.2 Å². The number of rotatable bonds is 2. The molecule has 2 aromatic rings. The van der Waals surface area contributed by atoms with Gasteiger partial charge in [-0.3, -0.25) is 9.69 Å². The molecule has 3 N–H and O–H groups in total. The normalized spacial score (nSPS) is 14.9. The second-order valence-electron chi connectivity index (χ2n) is 5.32. The number of para-hydroxylation sites is 1. The Kier molecular flexibility index (Phi) is 3.39. The minimum absolute atomic E-state index is 0.0580. The van der Waals surface area contributed by atoms with Crippen molar-refractivity contribution in [3.8, 4) is 11.5 Å². The molecule has 0 amide bonds. The average molecular weight is 287 g/mol. The van der Waals surface area contributed by atoms with Gasteiger partial charge >= 0.3 is 0 Å². The van der Waals surface area contributed by atoms with Gasteiger partial charge in [-0.05, 0) is 19.4 Å². The number of hydrogen-bond donors (Lipinski definition) is 3. The average Bonchev–Trinajstić information content (AvgIpc) is 2.43. The van der Waals surface area contributed by atoms with Crippen molar-refractivity contribution in [1.29, 1.82) is 0 Å². The van der Waals surface area contributed by atoms with Crippen molar-refractivity contribution in [2.75, 3.05) is 6.54 Å². The molecule has 0 saturated carbocycles. The molecule has 1 aliphatic heterocycles. The molecule has 21 heavy (non-hydrogen) atoms. The van der Waals surface area contributed by atoms with Crippen LogP contribution in [0.5, 0.6) is 11.5 Å². The highest BCUT2D eigenvalue weighted by Gasteiger charge is 2.21. The number of nitrogens with one attached hydrogen (secondary N) is 1. The number of benzene rings is 1. The van der Waals surface area contributed by atoms with E-state index in [4.69, 9.17) is 0 Å². The van der Waals surface area contributed by atoms with Crippen molar-refractivity contribution >= 4 is 0 Å². The molecule has 0 atom stereocenters. The number of aromatic amines is 1. The van der Waals surface area contributed by atoms with Crippen LogP contribution < -0.4 is 5.56 Å². The molecule has 0 unspecified atom stereocenters. The first kappa shape index (κ1) is 13.6. The van der Waals surface area contributed by atoms with Gasteiger partial charge in [-0.1, -0.05) is 12.1 Å². The molecule has 110 valence electrons. The molecule has 2 heterocycles. The summed E-state index contributed by atoms with van der Waals surface area (Å²) in [5, 5.41) is 19.4. The van der Waals surface area contributed by atoms with Crippen LogP contribution in [0.25, 0.3) is 0 Å². The molecule has 3 rings (SSSR count). The Morgan fingerprint density at radius 3 is 3.00 bits per heavy atom. The smallest absolute Gasteiger partial charge is 0.254 e. The Hall–Kier alpha value is -2.34. The lowest BCUT2D eigenvalue weighted by molar-refractivity contribution is 0.236. The first-order valence-corrected chi connectivity index (χ1v) is 6.85. The van der Waals surface area contributed by atoms with Gasteiger partial charge in [0, 0.05) is 30.8 Å². The van der Waals surface area contributed by atoms with Crippen LogP contribution in [-0.2, 0) is 19.5 Å². The molecule has 1 aromatic heterocycles. The fourth-order valence-electron chi connectivity index (χ4n) is 2.70. The monoisotopic (exact) mass is 287 g/mol. The third kappa shape index (κ3) is 2.62. The van der Waals surface area contributed by atoms with Gasteiger partial charge in [-0.25, -0.2) is 4.98 Å². The number of aromatic hydroxyl groups is 2. The molecule has 6 heteroatoms. The van der Waals surface area contributed by atoms with Gasteiger partial charge in [0.05, 0.1) is 5.69 Å². The lowest BCUT2D eigenvalue weighted by Crippen LogP contribution is -2.35. The van der Waals surface area contributed by atoms with E-state index in [2.05, 4.69) is 14.9 Å². The molecular formula is C15H17N3O3. The highest BCUT2D eigenvalue weighted by molar-refractivity contribution is 5.44. The summed E-state index contributed by atoms with van der Waals surface area (Å²) in [6, 6.07) is 4.94. The second kappa shape index (κ2) is 5.21. The minimum atomic E-state index is -0.115. The lowest BCUT2D eigenvalue weighted by atomic mass is 10.1. The number of H-pyrrole nitrogens is 1. The van der Waals surface area contributed by atoms with Gasteiger partial charge in [0.15, 0.2) is 11.5 Å². The maximum Gasteiger partial charge on any atom is 0.254 e. The standard InChI is InChI=1S/C15H17N3O3/c1-9-16-12-8-18(6-5-11(12)15(21)17-9)7-10-3-2-4-13(19)14(10)20/h2-4,19-20H,5-8H2,1H3,(H,16,17,21). The van der Waals surface area contributed by atoms with Gasteiger partial charge in [0.2, 0.25) is 0 Å². The molecule has 0 aliphatic carbocycles. The van der Waals surface area contributed by atoms with Crippen molar-refractivity contribution in [1.82, 2.24) is 14.9 Å². The molecule has 0 spiro atoms. The number of phenols is 2. The molecule has 1 aliphatic rings. The van der Waals surface area contributed by atoms with Gasteiger partial charge < -0.3 is 15.2 Å². The zero-order valence-corrected chi connectivity index (χ0v) is 11.8. The number of fused-ring (bicyclic) bond motifs is 1. The summed E-state index contributed by atoms with van der Waals surface area (Å²) in [5.41, 5.74) is 2.15. The lowest BCUT2D eigenvalue weighted by Gasteiger charge is -2.27. The van der Waals surface area contributed by atoms with Crippen molar-refractivity contribution in [2.24, 2.45) is 0 Å². The first-order chi connectivity index (χ1) is 10.0. The van der Waals surface area contributed by atoms with Crippen molar-refractivity contribution in [2.45, 2.75) is 26.4 Å². The SMILES string of the molecule is Cc1nc2c(c(=O)[nH]1)CCN(Cc1cccc(O)c1O)C2. The molecular weight excluding hydrogens is 270 g/mol. The molecule has 0 bridgehead atoms. The van der Waals surface area contributed by atoms with Crippen LogP contribution in [-0.4, -0.2) is 31.6 Å². The Morgan fingerprint density at radius 1 is 1.38 bits per heavy atom. The predicted octanol–water partition coefficient (Wildman–Crippen LogP) is 1.05. The third-order valence-electron chi connectivity index (χ3n) is 3.76. The van der Waals surface area contributed by atoms with E-state index in [0.29, 0.717) is 30.9 Å². The van der Waals surface area contributed by atoms with E-state index < -0.39 is 0 Å². The summed E-state index contributed by atoms with van der Waals surface area (Å²) in [5.74, 6) is 0.412. The van der Waals surface area contributed by atoms with Crippen LogP contribution in [0.2, 0.25) is 0 Å². The Balaban J connectivity index is 1.84. The van der Waals surface area contributed by atoms with E-state index in [1.54, 1.807) is 19.1 Å².